The Bertz CT molecular complexity index is 1350. The fourth-order valence-electron chi connectivity index (χ4n) is 3.57. The van der Waals surface area contributed by atoms with Gasteiger partial charge in [0.2, 0.25) is 11.1 Å². The summed E-state index contributed by atoms with van der Waals surface area (Å²) >= 11 is 1.20. The van der Waals surface area contributed by atoms with Gasteiger partial charge in [-0.15, -0.1) is 10.2 Å². The van der Waals surface area contributed by atoms with Gasteiger partial charge in [0.25, 0.3) is 0 Å². The largest absolute Gasteiger partial charge is 0.344 e. The van der Waals surface area contributed by atoms with Crippen molar-refractivity contribution in [2.45, 2.75) is 11.2 Å². The van der Waals surface area contributed by atoms with E-state index >= 15 is 0 Å². The van der Waals surface area contributed by atoms with E-state index in [9.17, 15) is 9.18 Å². The van der Waals surface area contributed by atoms with Gasteiger partial charge in [-0.25, -0.2) is 9.37 Å². The van der Waals surface area contributed by atoms with Crippen molar-refractivity contribution in [3.63, 3.8) is 0 Å². The van der Waals surface area contributed by atoms with E-state index in [1.54, 1.807) is 6.07 Å². The Labute approximate surface area is 187 Å². The van der Waals surface area contributed by atoms with Crippen LogP contribution in [0, 0.1) is 5.82 Å². The molecule has 0 aliphatic heterocycles. The summed E-state index contributed by atoms with van der Waals surface area (Å²) in [6.45, 7) is 0. The normalized spacial score (nSPS) is 11.3. The van der Waals surface area contributed by atoms with Gasteiger partial charge in [-0.2, -0.15) is 0 Å². The number of aromatic amines is 1. The Balaban J connectivity index is 1.32. The molecule has 0 atom stereocenters. The molecule has 6 nitrogen and oxygen atoms in total. The molecular weight excluding hydrogens is 425 g/mol. The van der Waals surface area contributed by atoms with Gasteiger partial charge in [-0.3, -0.25) is 4.79 Å². The minimum atomic E-state index is -0.346. The topological polar surface area (TPSA) is 83.6 Å². The van der Waals surface area contributed by atoms with Crippen LogP contribution in [0.5, 0.6) is 0 Å². The quantitative estimate of drug-likeness (QED) is 0.374. The second kappa shape index (κ2) is 8.76. The van der Waals surface area contributed by atoms with E-state index in [-0.39, 0.29) is 23.5 Å². The van der Waals surface area contributed by atoms with E-state index < -0.39 is 0 Å². The number of benzene rings is 3. The summed E-state index contributed by atoms with van der Waals surface area (Å²) in [7, 11) is 0. The van der Waals surface area contributed by atoms with Crippen molar-refractivity contribution in [1.29, 1.82) is 0 Å². The third kappa shape index (κ3) is 4.17. The molecule has 0 spiro atoms. The molecule has 5 aromatic rings. The first-order valence-electron chi connectivity index (χ1n) is 10.0. The number of hydrogen-bond acceptors (Lipinski definition) is 5. The van der Waals surface area contributed by atoms with Crippen LogP contribution in [0.1, 0.15) is 17.2 Å². The van der Waals surface area contributed by atoms with Crippen molar-refractivity contribution >= 4 is 39.7 Å². The number of carbonyl (C=O) groups excluding carboxylic acids is 1. The molecule has 0 unspecified atom stereocenters. The van der Waals surface area contributed by atoms with E-state index in [2.05, 4.69) is 25.5 Å². The maximum atomic E-state index is 13.5. The SMILES string of the molecule is O=C(CSc1nnc2c(n1)[nH]c1ccc(F)cc12)NC(c1ccccc1)c1ccccc1. The second-order valence-electron chi connectivity index (χ2n) is 7.22. The van der Waals surface area contributed by atoms with Crippen LogP contribution in [0.3, 0.4) is 0 Å². The number of carbonyl (C=O) groups is 1. The van der Waals surface area contributed by atoms with Crippen LogP contribution < -0.4 is 5.32 Å². The zero-order valence-electron chi connectivity index (χ0n) is 16.8. The summed E-state index contributed by atoms with van der Waals surface area (Å²) in [4.78, 5) is 20.3. The lowest BCUT2D eigenvalue weighted by Crippen LogP contribution is -2.30. The highest BCUT2D eigenvalue weighted by atomic mass is 32.2. The minimum Gasteiger partial charge on any atom is -0.344 e. The molecule has 0 bridgehead atoms. The van der Waals surface area contributed by atoms with Gasteiger partial charge in [-0.05, 0) is 29.3 Å². The Morgan fingerprint density at radius 2 is 1.66 bits per heavy atom. The summed E-state index contributed by atoms with van der Waals surface area (Å²) in [6, 6.07) is 23.8. The van der Waals surface area contributed by atoms with Crippen molar-refractivity contribution in [2.75, 3.05) is 5.75 Å². The molecule has 0 fully saturated rings. The van der Waals surface area contributed by atoms with Crippen molar-refractivity contribution in [2.24, 2.45) is 0 Å². The van der Waals surface area contributed by atoms with Gasteiger partial charge in [0.15, 0.2) is 5.65 Å². The number of nitrogens with one attached hydrogen (secondary N) is 2. The number of thioether (sulfide) groups is 1. The lowest BCUT2D eigenvalue weighted by Gasteiger charge is -2.19. The lowest BCUT2D eigenvalue weighted by atomic mass is 9.99. The molecular formula is C24H18FN5OS. The third-order valence-corrected chi connectivity index (χ3v) is 5.90. The standard InChI is InChI=1S/C24H18FN5OS/c25-17-11-12-19-18(13-17)22-23(26-19)28-24(30-29-22)32-14-20(31)27-21(15-7-3-1-4-8-15)16-9-5-2-6-10-16/h1-13,21H,14H2,(H,27,31)(H,26,28,30). The van der Waals surface area contributed by atoms with Gasteiger partial charge in [-0.1, -0.05) is 72.4 Å². The molecule has 0 radical (unpaired) electrons. The Morgan fingerprint density at radius 3 is 2.34 bits per heavy atom. The molecule has 2 N–H and O–H groups in total. The van der Waals surface area contributed by atoms with Crippen LogP contribution in [0.2, 0.25) is 0 Å². The van der Waals surface area contributed by atoms with Gasteiger partial charge in [0.1, 0.15) is 11.3 Å². The number of amides is 1. The average molecular weight is 444 g/mol. The number of H-pyrrole nitrogens is 1. The first-order chi connectivity index (χ1) is 15.7. The summed E-state index contributed by atoms with van der Waals surface area (Å²) in [5.41, 5.74) is 3.75. The van der Waals surface area contributed by atoms with E-state index in [1.165, 1.54) is 23.9 Å². The summed E-state index contributed by atoms with van der Waals surface area (Å²) in [5, 5.41) is 12.4. The first kappa shape index (κ1) is 20.1. The third-order valence-electron chi connectivity index (χ3n) is 5.06. The molecule has 0 aliphatic carbocycles. The molecule has 1 amide bonds. The molecule has 8 heteroatoms. The van der Waals surface area contributed by atoms with E-state index in [1.807, 2.05) is 60.7 Å². The molecule has 2 heterocycles. The van der Waals surface area contributed by atoms with E-state index in [4.69, 9.17) is 0 Å². The molecule has 5 rings (SSSR count). The molecule has 3 aromatic carbocycles. The summed E-state index contributed by atoms with van der Waals surface area (Å²) in [6.07, 6.45) is 0. The van der Waals surface area contributed by atoms with Crippen molar-refractivity contribution in [3.8, 4) is 0 Å². The number of nitrogens with zero attached hydrogens (tertiary/aromatic N) is 3. The fraction of sp³-hybridized carbons (Fsp3) is 0.0833. The molecule has 0 aliphatic rings. The second-order valence-corrected chi connectivity index (χ2v) is 8.16. The lowest BCUT2D eigenvalue weighted by molar-refractivity contribution is -0.119. The highest BCUT2D eigenvalue weighted by Gasteiger charge is 2.17. The molecule has 32 heavy (non-hydrogen) atoms. The number of halogens is 1. The number of hydrogen-bond donors (Lipinski definition) is 2. The summed E-state index contributed by atoms with van der Waals surface area (Å²) in [5.74, 6) is -0.352. The minimum absolute atomic E-state index is 0.137. The molecule has 0 saturated heterocycles. The van der Waals surface area contributed by atoms with Crippen molar-refractivity contribution < 1.29 is 9.18 Å². The maximum Gasteiger partial charge on any atom is 0.231 e. The van der Waals surface area contributed by atoms with Crippen LogP contribution in [-0.2, 0) is 4.79 Å². The number of aromatic nitrogens is 4. The maximum absolute atomic E-state index is 13.5. The zero-order chi connectivity index (χ0) is 21.9. The van der Waals surface area contributed by atoms with Gasteiger partial charge < -0.3 is 10.3 Å². The summed E-state index contributed by atoms with van der Waals surface area (Å²) < 4.78 is 13.5. The average Bonchev–Trinajstić information content (AvgIpc) is 3.19. The van der Waals surface area contributed by atoms with Crippen molar-refractivity contribution in [3.05, 3.63) is 95.8 Å². The highest BCUT2D eigenvalue weighted by Crippen LogP contribution is 2.25. The van der Waals surface area contributed by atoms with Crippen molar-refractivity contribution in [1.82, 2.24) is 25.5 Å². The van der Waals surface area contributed by atoms with Crippen LogP contribution in [0.25, 0.3) is 22.1 Å². The van der Waals surface area contributed by atoms with Gasteiger partial charge in [0.05, 0.1) is 11.8 Å². The number of rotatable bonds is 6. The van der Waals surface area contributed by atoms with Crippen LogP contribution >= 0.6 is 11.8 Å². The predicted molar refractivity (Wildman–Crippen MR) is 123 cm³/mol. The molecule has 2 aromatic heterocycles. The Morgan fingerprint density at radius 1 is 0.969 bits per heavy atom. The first-order valence-corrected chi connectivity index (χ1v) is 11.0. The highest BCUT2D eigenvalue weighted by molar-refractivity contribution is 7.99. The van der Waals surface area contributed by atoms with Crippen LogP contribution in [-0.4, -0.2) is 31.8 Å². The predicted octanol–water partition coefficient (Wildman–Crippen LogP) is 4.64. The van der Waals surface area contributed by atoms with Gasteiger partial charge >= 0.3 is 0 Å². The molecule has 158 valence electrons. The molecule has 0 saturated carbocycles. The van der Waals surface area contributed by atoms with Crippen LogP contribution in [0.4, 0.5) is 4.39 Å². The Hall–Kier alpha value is -3.78. The van der Waals surface area contributed by atoms with E-state index in [0.717, 1.165) is 16.6 Å². The Kier molecular flexibility index (Phi) is 5.51. The smallest absolute Gasteiger partial charge is 0.231 e. The van der Waals surface area contributed by atoms with Gasteiger partial charge in [0, 0.05) is 10.9 Å². The van der Waals surface area contributed by atoms with Crippen LogP contribution in [0.15, 0.2) is 84.0 Å². The fourth-order valence-corrected chi connectivity index (χ4v) is 4.17. The zero-order valence-corrected chi connectivity index (χ0v) is 17.6. The van der Waals surface area contributed by atoms with E-state index in [0.29, 0.717) is 21.7 Å². The number of fused-ring (bicyclic) bond motifs is 3. The monoisotopic (exact) mass is 443 g/mol.